The second-order valence-corrected chi connectivity index (χ2v) is 7.87. The van der Waals surface area contributed by atoms with Gasteiger partial charge in [-0.3, -0.25) is 4.79 Å². The van der Waals surface area contributed by atoms with Crippen molar-refractivity contribution in [3.8, 4) is 5.75 Å². The predicted octanol–water partition coefficient (Wildman–Crippen LogP) is 4.67. The van der Waals surface area contributed by atoms with Crippen LogP contribution < -0.4 is 10.1 Å². The third-order valence-electron chi connectivity index (χ3n) is 4.38. The maximum absolute atomic E-state index is 14.2. The van der Waals surface area contributed by atoms with Gasteiger partial charge < -0.3 is 15.0 Å². The fourth-order valence-corrected chi connectivity index (χ4v) is 3.29. The van der Waals surface area contributed by atoms with Crippen molar-refractivity contribution >= 4 is 44.1 Å². The molecule has 0 aliphatic rings. The second-order valence-electron chi connectivity index (χ2n) is 6.95. The van der Waals surface area contributed by atoms with E-state index in [1.807, 2.05) is 24.3 Å². The molecule has 0 saturated heterocycles. The molecule has 8 heteroatoms. The lowest BCUT2D eigenvalue weighted by Gasteiger charge is -2.13. The normalized spacial score (nSPS) is 11.7. The van der Waals surface area contributed by atoms with Crippen LogP contribution in [0.1, 0.15) is 5.56 Å². The minimum atomic E-state index is -0.761. The van der Waals surface area contributed by atoms with E-state index < -0.39 is 11.6 Å². The molecular formula is C22H22BrFN4O2. The number of aromatic nitrogens is 2. The number of carbonyl (C=O) groups excluding carboxylic acids is 1. The number of nitrogens with zero attached hydrogens (tertiary/aromatic N) is 3. The zero-order valence-electron chi connectivity index (χ0n) is 16.9. The van der Waals surface area contributed by atoms with Crippen molar-refractivity contribution in [3.05, 3.63) is 64.7 Å². The van der Waals surface area contributed by atoms with E-state index in [4.69, 9.17) is 4.74 Å². The van der Waals surface area contributed by atoms with E-state index >= 15 is 0 Å². The number of rotatable bonds is 8. The number of hydrogen-bond acceptors (Lipinski definition) is 6. The Morgan fingerprint density at radius 2 is 2.07 bits per heavy atom. The van der Waals surface area contributed by atoms with Crippen molar-refractivity contribution < 1.29 is 13.9 Å². The summed E-state index contributed by atoms with van der Waals surface area (Å²) in [6.07, 6.45) is 2.61. The summed E-state index contributed by atoms with van der Waals surface area (Å²) in [5, 5.41) is 3.97. The maximum atomic E-state index is 14.2. The van der Waals surface area contributed by atoms with Crippen molar-refractivity contribution in [1.82, 2.24) is 14.9 Å². The summed E-state index contributed by atoms with van der Waals surface area (Å²) < 4.78 is 20.5. The molecule has 1 heterocycles. The lowest BCUT2D eigenvalue weighted by Crippen LogP contribution is -2.13. The molecule has 0 radical (unpaired) electrons. The number of methoxy groups -OCH3 is 1. The van der Waals surface area contributed by atoms with Gasteiger partial charge in [0.05, 0.1) is 12.6 Å². The number of benzene rings is 2. The van der Waals surface area contributed by atoms with Crippen molar-refractivity contribution in [2.75, 3.05) is 33.1 Å². The first kappa shape index (κ1) is 21.9. The average molecular weight is 473 g/mol. The summed E-state index contributed by atoms with van der Waals surface area (Å²) in [6, 6.07) is 11.2. The van der Waals surface area contributed by atoms with Crippen LogP contribution in [0.15, 0.2) is 59.1 Å². The number of allylic oxidation sites excluding steroid dienone is 1. The highest BCUT2D eigenvalue weighted by Gasteiger charge is 2.16. The summed E-state index contributed by atoms with van der Waals surface area (Å²) >= 11 is 3.45. The molecule has 156 valence electrons. The van der Waals surface area contributed by atoms with Gasteiger partial charge in [-0.2, -0.15) is 0 Å². The number of fused-ring (bicyclic) bond motifs is 1. The molecule has 0 unspecified atom stereocenters. The van der Waals surface area contributed by atoms with Crippen LogP contribution in [-0.2, 0) is 11.2 Å². The van der Waals surface area contributed by atoms with Gasteiger partial charge >= 0.3 is 0 Å². The fraction of sp³-hybridized carbons (Fsp3) is 0.227. The largest absolute Gasteiger partial charge is 0.496 e. The molecule has 0 aliphatic carbocycles. The van der Waals surface area contributed by atoms with Gasteiger partial charge in [-0.05, 0) is 44.4 Å². The van der Waals surface area contributed by atoms with Crippen LogP contribution in [0.2, 0.25) is 0 Å². The van der Waals surface area contributed by atoms with Gasteiger partial charge in [-0.15, -0.1) is 0 Å². The monoisotopic (exact) mass is 472 g/mol. The number of Topliss-reactive ketones (excluding diaryl/α,β-unsaturated/α-hetero) is 1. The van der Waals surface area contributed by atoms with E-state index in [9.17, 15) is 9.18 Å². The standard InChI is InChI=1S/C22H22BrFN4O2/c1-28(2)8-7-18(24)20(29)10-14-9-17-19(12-21(14)30-3)25-13-26-22(17)27-16-6-4-5-15(23)11-16/h4-7,9,11-13H,8,10H2,1-3H3,(H,25,26,27). The molecule has 2 aromatic carbocycles. The van der Waals surface area contributed by atoms with E-state index in [0.717, 1.165) is 10.2 Å². The van der Waals surface area contributed by atoms with Crippen LogP contribution in [0.3, 0.4) is 0 Å². The Bertz CT molecular complexity index is 1100. The van der Waals surface area contributed by atoms with Crippen molar-refractivity contribution in [2.24, 2.45) is 0 Å². The van der Waals surface area contributed by atoms with E-state index in [0.29, 0.717) is 34.6 Å². The maximum Gasteiger partial charge on any atom is 0.195 e. The number of likely N-dealkylation sites (N-methyl/N-ethyl adjacent to an activating group) is 1. The Labute approximate surface area is 182 Å². The Kier molecular flexibility index (Phi) is 7.12. The van der Waals surface area contributed by atoms with Crippen molar-refractivity contribution in [2.45, 2.75) is 6.42 Å². The van der Waals surface area contributed by atoms with Crippen LogP contribution >= 0.6 is 15.9 Å². The molecule has 0 saturated carbocycles. The summed E-state index contributed by atoms with van der Waals surface area (Å²) in [4.78, 5) is 22.8. The lowest BCUT2D eigenvalue weighted by molar-refractivity contribution is -0.116. The predicted molar refractivity (Wildman–Crippen MR) is 120 cm³/mol. The minimum Gasteiger partial charge on any atom is -0.496 e. The summed E-state index contributed by atoms with van der Waals surface area (Å²) in [6.45, 7) is 0.348. The molecule has 0 atom stereocenters. The molecule has 0 fully saturated rings. The molecule has 6 nitrogen and oxygen atoms in total. The molecule has 3 aromatic rings. The van der Waals surface area contributed by atoms with Gasteiger partial charge in [0.2, 0.25) is 0 Å². The molecule has 0 bridgehead atoms. The Balaban J connectivity index is 1.96. The van der Waals surface area contributed by atoms with E-state index in [1.165, 1.54) is 19.5 Å². The van der Waals surface area contributed by atoms with E-state index in [1.54, 1.807) is 31.1 Å². The van der Waals surface area contributed by atoms with E-state index in [-0.39, 0.29) is 6.42 Å². The van der Waals surface area contributed by atoms with Gasteiger partial charge in [0, 0.05) is 40.1 Å². The molecule has 30 heavy (non-hydrogen) atoms. The van der Waals surface area contributed by atoms with Crippen LogP contribution in [0.25, 0.3) is 10.9 Å². The Morgan fingerprint density at radius 3 is 2.77 bits per heavy atom. The first-order valence-corrected chi connectivity index (χ1v) is 10.0. The third-order valence-corrected chi connectivity index (χ3v) is 4.87. The Morgan fingerprint density at radius 1 is 1.27 bits per heavy atom. The van der Waals surface area contributed by atoms with Gasteiger partial charge in [0.25, 0.3) is 0 Å². The van der Waals surface area contributed by atoms with Crippen LogP contribution in [0.5, 0.6) is 5.75 Å². The molecule has 0 amide bonds. The van der Waals surface area contributed by atoms with Crippen molar-refractivity contribution in [1.29, 1.82) is 0 Å². The second kappa shape index (κ2) is 9.77. The first-order chi connectivity index (χ1) is 14.4. The van der Waals surface area contributed by atoms with Gasteiger partial charge in [-0.25, -0.2) is 14.4 Å². The van der Waals surface area contributed by atoms with Gasteiger partial charge in [0.1, 0.15) is 17.9 Å². The molecule has 1 aromatic heterocycles. The number of nitrogens with one attached hydrogen (secondary N) is 1. The average Bonchev–Trinajstić information content (AvgIpc) is 2.72. The number of hydrogen-bond donors (Lipinski definition) is 1. The van der Waals surface area contributed by atoms with Crippen molar-refractivity contribution in [3.63, 3.8) is 0 Å². The zero-order valence-corrected chi connectivity index (χ0v) is 18.5. The molecular weight excluding hydrogens is 451 g/mol. The number of halogens is 2. The van der Waals surface area contributed by atoms with Gasteiger partial charge in [0.15, 0.2) is 11.6 Å². The Hall–Kier alpha value is -2.84. The van der Waals surface area contributed by atoms with Crippen LogP contribution in [-0.4, -0.2) is 48.4 Å². The van der Waals surface area contributed by atoms with Gasteiger partial charge in [-0.1, -0.05) is 22.0 Å². The lowest BCUT2D eigenvalue weighted by atomic mass is 10.0. The van der Waals surface area contributed by atoms with Crippen LogP contribution in [0.4, 0.5) is 15.9 Å². The highest BCUT2D eigenvalue weighted by molar-refractivity contribution is 9.10. The molecule has 0 aliphatic heterocycles. The third kappa shape index (κ3) is 5.40. The summed E-state index contributed by atoms with van der Waals surface area (Å²) in [5.74, 6) is -0.308. The highest BCUT2D eigenvalue weighted by atomic mass is 79.9. The molecule has 3 rings (SSSR count). The topological polar surface area (TPSA) is 67.4 Å². The fourth-order valence-electron chi connectivity index (χ4n) is 2.89. The number of anilines is 2. The van der Waals surface area contributed by atoms with E-state index in [2.05, 4.69) is 31.2 Å². The minimum absolute atomic E-state index is 0.125. The first-order valence-electron chi connectivity index (χ1n) is 9.25. The summed E-state index contributed by atoms with van der Waals surface area (Å²) in [7, 11) is 5.12. The quantitative estimate of drug-likeness (QED) is 0.480. The molecule has 0 spiro atoms. The number of carbonyl (C=O) groups is 1. The SMILES string of the molecule is COc1cc2ncnc(Nc3cccc(Br)c3)c2cc1CC(=O)C(F)=CCN(C)C. The van der Waals surface area contributed by atoms with Crippen LogP contribution in [0, 0.1) is 0 Å². The molecule has 1 N–H and O–H groups in total. The zero-order chi connectivity index (χ0) is 21.7. The highest BCUT2D eigenvalue weighted by Crippen LogP contribution is 2.31. The number of ketones is 1. The number of ether oxygens (including phenoxy) is 1. The smallest absolute Gasteiger partial charge is 0.195 e. The summed E-state index contributed by atoms with van der Waals surface area (Å²) in [5.41, 5.74) is 2.06.